The number of nitrogens with zero attached hydrogens (tertiary/aromatic N) is 6. The lowest BCUT2D eigenvalue weighted by molar-refractivity contribution is 0.408. The molecule has 4 heterocycles. The Morgan fingerprint density at radius 3 is 2.33 bits per heavy atom. The monoisotopic (exact) mass is 303 g/mol. The summed E-state index contributed by atoms with van der Waals surface area (Å²) in [7, 11) is 0. The standard InChI is InChI=1S/C14H19N6S/c1-2-9-18(8-1)14(19-10-3-4-11-19)21-20-13-12(16-17-20)6-5-7-15-13/h5-7H,1-4,8-11H2/q+1. The van der Waals surface area contributed by atoms with E-state index in [9.17, 15) is 0 Å². The first kappa shape index (κ1) is 13.2. The van der Waals surface area contributed by atoms with Crippen LogP contribution in [0.4, 0.5) is 0 Å². The maximum Gasteiger partial charge on any atom is 0.391 e. The molecule has 2 aromatic heterocycles. The number of hydrogen-bond donors (Lipinski definition) is 0. The molecular formula is C14H19N6S+. The largest absolute Gasteiger partial charge is 0.391 e. The molecule has 2 fully saturated rings. The minimum Gasteiger partial charge on any atom is -0.231 e. The van der Waals surface area contributed by atoms with Crippen molar-refractivity contribution in [2.75, 3.05) is 26.2 Å². The van der Waals surface area contributed by atoms with Gasteiger partial charge < -0.3 is 0 Å². The normalized spacial score (nSPS) is 20.4. The van der Waals surface area contributed by atoms with E-state index in [-0.39, 0.29) is 0 Å². The Morgan fingerprint density at radius 2 is 1.67 bits per heavy atom. The predicted molar refractivity (Wildman–Crippen MR) is 84.7 cm³/mol. The fraction of sp³-hybridized carbons (Fsp3) is 0.571. The molecule has 0 spiro atoms. The van der Waals surface area contributed by atoms with E-state index in [4.69, 9.17) is 0 Å². The van der Waals surface area contributed by atoms with Crippen molar-refractivity contribution >= 4 is 27.8 Å². The molecule has 0 atom stereocenters. The summed E-state index contributed by atoms with van der Waals surface area (Å²) in [6.07, 6.45) is 6.94. The molecule has 0 saturated carbocycles. The molecule has 6 nitrogen and oxygen atoms in total. The first-order chi connectivity index (χ1) is 10.4. The van der Waals surface area contributed by atoms with Crippen LogP contribution in [0.15, 0.2) is 18.3 Å². The molecule has 21 heavy (non-hydrogen) atoms. The second-order valence-corrected chi connectivity index (χ2v) is 6.46. The molecule has 4 rings (SSSR count). The molecule has 0 aliphatic carbocycles. The summed E-state index contributed by atoms with van der Waals surface area (Å²) in [5.74, 6) is 0. The van der Waals surface area contributed by atoms with Crippen molar-refractivity contribution in [2.24, 2.45) is 0 Å². The fourth-order valence-electron chi connectivity index (χ4n) is 3.02. The smallest absolute Gasteiger partial charge is 0.231 e. The minimum atomic E-state index is 0.846. The summed E-state index contributed by atoms with van der Waals surface area (Å²) in [6.45, 7) is 4.61. The topological polar surface area (TPSA) is 50.1 Å². The lowest BCUT2D eigenvalue weighted by Gasteiger charge is -2.17. The lowest BCUT2D eigenvalue weighted by Crippen LogP contribution is -2.42. The van der Waals surface area contributed by atoms with Crippen LogP contribution in [0.25, 0.3) is 11.2 Å². The molecule has 0 bridgehead atoms. The molecule has 0 N–H and O–H groups in total. The van der Waals surface area contributed by atoms with Crippen LogP contribution in [0.3, 0.4) is 0 Å². The highest BCUT2D eigenvalue weighted by Crippen LogP contribution is 2.16. The van der Waals surface area contributed by atoms with E-state index < -0.39 is 0 Å². The van der Waals surface area contributed by atoms with Gasteiger partial charge in [-0.05, 0) is 43.0 Å². The molecule has 2 aliphatic rings. The Labute approximate surface area is 127 Å². The van der Waals surface area contributed by atoms with E-state index in [0.717, 1.165) is 37.3 Å². The van der Waals surface area contributed by atoms with Crippen molar-refractivity contribution in [3.05, 3.63) is 18.3 Å². The molecule has 0 aromatic carbocycles. The summed E-state index contributed by atoms with van der Waals surface area (Å²) in [5, 5.41) is 9.80. The zero-order chi connectivity index (χ0) is 14.1. The van der Waals surface area contributed by atoms with Crippen molar-refractivity contribution in [1.82, 2.24) is 29.2 Å². The van der Waals surface area contributed by atoms with Gasteiger partial charge in [-0.15, -0.1) is 5.10 Å². The van der Waals surface area contributed by atoms with Crippen LogP contribution < -0.4 is 0 Å². The van der Waals surface area contributed by atoms with Crippen molar-refractivity contribution < 1.29 is 0 Å². The molecule has 0 radical (unpaired) electrons. The van der Waals surface area contributed by atoms with Gasteiger partial charge in [-0.2, -0.15) is 0 Å². The highest BCUT2D eigenvalue weighted by molar-refractivity contribution is 7.77. The van der Waals surface area contributed by atoms with E-state index in [2.05, 4.69) is 25.1 Å². The Hall–Kier alpha value is -1.44. The van der Waals surface area contributed by atoms with Gasteiger partial charge in [0.2, 0.25) is 5.65 Å². The zero-order valence-electron chi connectivity index (χ0n) is 12.0. The van der Waals surface area contributed by atoms with Crippen molar-refractivity contribution in [3.8, 4) is 0 Å². The fourth-order valence-corrected chi connectivity index (χ4v) is 4.07. The van der Waals surface area contributed by atoms with Gasteiger partial charge in [0.25, 0.3) is 0 Å². The number of likely N-dealkylation sites (tertiary alicyclic amines) is 2. The van der Waals surface area contributed by atoms with E-state index in [1.54, 1.807) is 17.7 Å². The van der Waals surface area contributed by atoms with Crippen molar-refractivity contribution in [2.45, 2.75) is 25.7 Å². The van der Waals surface area contributed by atoms with Crippen LogP contribution in [0.5, 0.6) is 0 Å². The van der Waals surface area contributed by atoms with Gasteiger partial charge in [-0.3, -0.25) is 0 Å². The van der Waals surface area contributed by atoms with Crippen molar-refractivity contribution in [3.63, 3.8) is 0 Å². The molecule has 0 amide bonds. The van der Waals surface area contributed by atoms with Gasteiger partial charge in [0.05, 0.1) is 0 Å². The molecule has 7 heteroatoms. The molecule has 2 aromatic rings. The first-order valence-electron chi connectivity index (χ1n) is 7.63. The number of rotatable bonds is 1. The van der Waals surface area contributed by atoms with E-state index in [1.807, 2.05) is 16.2 Å². The van der Waals surface area contributed by atoms with E-state index in [0.29, 0.717) is 0 Å². The summed E-state index contributed by atoms with van der Waals surface area (Å²) >= 11 is 1.67. The van der Waals surface area contributed by atoms with Crippen LogP contribution in [-0.2, 0) is 11.5 Å². The molecule has 0 unspecified atom stereocenters. The maximum atomic E-state index is 4.41. The third-order valence-corrected chi connectivity index (χ3v) is 5.20. The maximum absolute atomic E-state index is 4.41. The first-order valence-corrected chi connectivity index (χ1v) is 8.41. The summed E-state index contributed by atoms with van der Waals surface area (Å²) in [6, 6.07) is 3.86. The summed E-state index contributed by atoms with van der Waals surface area (Å²) < 4.78 is 1.86. The Morgan fingerprint density at radius 1 is 1.00 bits per heavy atom. The molecular weight excluding hydrogens is 284 g/mol. The third kappa shape index (κ3) is 2.56. The quantitative estimate of drug-likeness (QED) is 0.580. The SMILES string of the molecule is c1cnc2c(c1)nnn2[S+]=C(N1CCCC1)N1CCCC1. The van der Waals surface area contributed by atoms with Gasteiger partial charge in [0.1, 0.15) is 5.52 Å². The highest BCUT2D eigenvalue weighted by atomic mass is 32.1. The second kappa shape index (κ2) is 5.75. The molecule has 2 aliphatic heterocycles. The number of hydrogen-bond acceptors (Lipinski definition) is 3. The van der Waals surface area contributed by atoms with Gasteiger partial charge in [-0.1, -0.05) is 0 Å². The number of fused-ring (bicyclic) bond motifs is 1. The summed E-state index contributed by atoms with van der Waals surface area (Å²) in [4.78, 5) is 9.40. The van der Waals surface area contributed by atoms with E-state index >= 15 is 0 Å². The van der Waals surface area contributed by atoms with Gasteiger partial charge in [-0.25, -0.2) is 14.8 Å². The minimum absolute atomic E-state index is 0.846. The van der Waals surface area contributed by atoms with Crippen LogP contribution >= 0.6 is 0 Å². The lowest BCUT2D eigenvalue weighted by atomic mass is 10.4. The van der Waals surface area contributed by atoms with Crippen molar-refractivity contribution in [1.29, 1.82) is 0 Å². The van der Waals surface area contributed by atoms with E-state index in [1.165, 1.54) is 30.8 Å². The second-order valence-electron chi connectivity index (χ2n) is 5.57. The predicted octanol–water partition coefficient (Wildman–Crippen LogP) is 0.951. The van der Waals surface area contributed by atoms with Gasteiger partial charge in [0.15, 0.2) is 0 Å². The Kier molecular flexibility index (Phi) is 3.62. The summed E-state index contributed by atoms with van der Waals surface area (Å²) in [5.41, 5.74) is 1.70. The average molecular weight is 303 g/mol. The van der Waals surface area contributed by atoms with Crippen LogP contribution in [0.1, 0.15) is 25.7 Å². The molecule has 110 valence electrons. The third-order valence-electron chi connectivity index (χ3n) is 4.10. The number of pyridine rings is 1. The molecule has 2 saturated heterocycles. The number of aromatic nitrogens is 4. The van der Waals surface area contributed by atoms with Crippen LogP contribution in [-0.4, -0.2) is 60.5 Å². The van der Waals surface area contributed by atoms with Gasteiger partial charge in [0, 0.05) is 36.5 Å². The van der Waals surface area contributed by atoms with Crippen LogP contribution in [0, 0.1) is 0 Å². The van der Waals surface area contributed by atoms with Gasteiger partial charge >= 0.3 is 16.6 Å². The highest BCUT2D eigenvalue weighted by Gasteiger charge is 2.34. The average Bonchev–Trinajstić information content (AvgIpc) is 3.26. The Bertz CT molecular complexity index is 636. The Balaban J connectivity index is 1.74. The zero-order valence-corrected chi connectivity index (χ0v) is 12.8. The van der Waals surface area contributed by atoms with Crippen LogP contribution in [0.2, 0.25) is 0 Å².